The molecule has 0 aliphatic heterocycles. The highest BCUT2D eigenvalue weighted by atomic mass is 19.2. The molecule has 3 amide bonds. The van der Waals surface area contributed by atoms with Crippen LogP contribution in [0.1, 0.15) is 0 Å². The number of anilines is 2. The van der Waals surface area contributed by atoms with Crippen molar-refractivity contribution in [3.63, 3.8) is 0 Å². The molecule has 8 heteroatoms. The van der Waals surface area contributed by atoms with Gasteiger partial charge in [0.1, 0.15) is 0 Å². The maximum Gasteiger partial charge on any atom is 0.319 e. The number of nitrogens with one attached hydrogen (secondary N) is 3. The molecule has 0 heterocycles. The average molecular weight is 323 g/mol. The molecule has 0 unspecified atom stereocenters. The van der Waals surface area contributed by atoms with Crippen molar-refractivity contribution >= 4 is 23.3 Å². The Labute approximate surface area is 129 Å². The van der Waals surface area contributed by atoms with Crippen LogP contribution in [0.5, 0.6) is 0 Å². The fourth-order valence-electron chi connectivity index (χ4n) is 1.67. The lowest BCUT2D eigenvalue weighted by atomic mass is 10.2. The highest BCUT2D eigenvalue weighted by Crippen LogP contribution is 2.19. The predicted molar refractivity (Wildman–Crippen MR) is 78.4 cm³/mol. The zero-order valence-electron chi connectivity index (χ0n) is 11.7. The molecular formula is C15H12F3N3O2. The van der Waals surface area contributed by atoms with E-state index in [4.69, 9.17) is 0 Å². The molecule has 0 bridgehead atoms. The van der Waals surface area contributed by atoms with Crippen LogP contribution in [0.3, 0.4) is 0 Å². The topological polar surface area (TPSA) is 70.2 Å². The van der Waals surface area contributed by atoms with Crippen LogP contribution in [-0.4, -0.2) is 18.5 Å². The number of rotatable bonds is 4. The third-order valence-electron chi connectivity index (χ3n) is 2.75. The smallest absolute Gasteiger partial charge is 0.319 e. The number of hydrogen-bond acceptors (Lipinski definition) is 2. The Morgan fingerprint density at radius 1 is 0.870 bits per heavy atom. The van der Waals surface area contributed by atoms with E-state index in [0.29, 0.717) is 11.8 Å². The highest BCUT2D eigenvalue weighted by molar-refractivity contribution is 5.96. The minimum absolute atomic E-state index is 0.475. The number of amides is 3. The molecule has 3 N–H and O–H groups in total. The minimum Gasteiger partial charge on any atom is -0.329 e. The molecular weight excluding hydrogens is 311 g/mol. The first kappa shape index (κ1) is 16.3. The SMILES string of the molecule is O=C(CNC(=O)Nc1ccccc1)Nc1ccc(F)c(F)c1F. The average Bonchev–Trinajstić information content (AvgIpc) is 2.54. The third-order valence-corrected chi connectivity index (χ3v) is 2.75. The summed E-state index contributed by atoms with van der Waals surface area (Å²) in [5.41, 5.74) is 0.0104. The fourth-order valence-corrected chi connectivity index (χ4v) is 1.67. The third kappa shape index (κ3) is 4.47. The molecule has 120 valence electrons. The lowest BCUT2D eigenvalue weighted by molar-refractivity contribution is -0.115. The predicted octanol–water partition coefficient (Wildman–Crippen LogP) is 2.86. The van der Waals surface area contributed by atoms with Gasteiger partial charge in [-0.05, 0) is 24.3 Å². The lowest BCUT2D eigenvalue weighted by Crippen LogP contribution is -2.35. The Bertz CT molecular complexity index is 723. The van der Waals surface area contributed by atoms with Crippen LogP contribution in [0.4, 0.5) is 29.3 Å². The number of carbonyl (C=O) groups is 2. The molecule has 23 heavy (non-hydrogen) atoms. The van der Waals surface area contributed by atoms with E-state index in [2.05, 4.69) is 10.6 Å². The standard InChI is InChI=1S/C15H12F3N3O2/c16-10-6-7-11(14(18)13(10)17)21-12(22)8-19-15(23)20-9-4-2-1-3-5-9/h1-7H,8H2,(H,21,22)(H2,19,20,23). The Hall–Kier alpha value is -3.03. The van der Waals surface area contributed by atoms with Crippen LogP contribution in [-0.2, 0) is 4.79 Å². The van der Waals surface area contributed by atoms with E-state index in [1.807, 2.05) is 5.32 Å². The van der Waals surface area contributed by atoms with E-state index in [0.717, 1.165) is 6.07 Å². The van der Waals surface area contributed by atoms with Gasteiger partial charge in [-0.1, -0.05) is 18.2 Å². The molecule has 0 atom stereocenters. The van der Waals surface area contributed by atoms with Crippen molar-refractivity contribution in [1.82, 2.24) is 5.32 Å². The summed E-state index contributed by atoms with van der Waals surface area (Å²) in [4.78, 5) is 23.1. The molecule has 0 spiro atoms. The van der Waals surface area contributed by atoms with Gasteiger partial charge in [-0.15, -0.1) is 0 Å². The van der Waals surface area contributed by atoms with Gasteiger partial charge in [0.25, 0.3) is 0 Å². The quantitative estimate of drug-likeness (QED) is 0.757. The molecule has 0 aliphatic rings. The van der Waals surface area contributed by atoms with Crippen LogP contribution in [0, 0.1) is 17.5 Å². The molecule has 0 saturated heterocycles. The molecule has 5 nitrogen and oxygen atoms in total. The Balaban J connectivity index is 1.86. The highest BCUT2D eigenvalue weighted by Gasteiger charge is 2.15. The van der Waals surface area contributed by atoms with Crippen LogP contribution in [0.25, 0.3) is 0 Å². The van der Waals surface area contributed by atoms with Gasteiger partial charge in [-0.2, -0.15) is 0 Å². The van der Waals surface area contributed by atoms with Crippen LogP contribution >= 0.6 is 0 Å². The molecule has 0 fully saturated rings. The molecule has 2 aromatic carbocycles. The Morgan fingerprint density at radius 3 is 2.26 bits per heavy atom. The zero-order chi connectivity index (χ0) is 16.8. The van der Waals surface area contributed by atoms with Crippen molar-refractivity contribution in [3.8, 4) is 0 Å². The number of urea groups is 1. The molecule has 0 aliphatic carbocycles. The van der Waals surface area contributed by atoms with Gasteiger partial charge >= 0.3 is 6.03 Å². The summed E-state index contributed by atoms with van der Waals surface area (Å²) in [5.74, 6) is -5.34. The van der Waals surface area contributed by atoms with Gasteiger partial charge in [0.2, 0.25) is 5.91 Å². The van der Waals surface area contributed by atoms with Crippen LogP contribution < -0.4 is 16.0 Å². The van der Waals surface area contributed by atoms with E-state index >= 15 is 0 Å². The number of carbonyl (C=O) groups excluding carboxylic acids is 2. The first-order valence-electron chi connectivity index (χ1n) is 6.50. The van der Waals surface area contributed by atoms with E-state index in [9.17, 15) is 22.8 Å². The van der Waals surface area contributed by atoms with Gasteiger partial charge < -0.3 is 16.0 Å². The Kier molecular flexibility index (Phi) is 5.19. The number of halogens is 3. The monoisotopic (exact) mass is 323 g/mol. The van der Waals surface area contributed by atoms with Gasteiger partial charge in [0, 0.05) is 5.69 Å². The second kappa shape index (κ2) is 7.30. The largest absolute Gasteiger partial charge is 0.329 e. The van der Waals surface area contributed by atoms with E-state index in [1.54, 1.807) is 30.3 Å². The van der Waals surface area contributed by atoms with Gasteiger partial charge in [-0.25, -0.2) is 18.0 Å². The summed E-state index contributed by atoms with van der Waals surface area (Å²) < 4.78 is 39.2. The fraction of sp³-hybridized carbons (Fsp3) is 0.0667. The maximum absolute atomic E-state index is 13.4. The summed E-state index contributed by atoms with van der Waals surface area (Å²) >= 11 is 0. The summed E-state index contributed by atoms with van der Waals surface area (Å²) in [6.45, 7) is -0.475. The summed E-state index contributed by atoms with van der Waals surface area (Å²) in [7, 11) is 0. The number of hydrogen-bond donors (Lipinski definition) is 3. The number of para-hydroxylation sites is 1. The second-order valence-electron chi connectivity index (χ2n) is 4.44. The Morgan fingerprint density at radius 2 is 1.57 bits per heavy atom. The van der Waals surface area contributed by atoms with Gasteiger partial charge in [-0.3, -0.25) is 4.79 Å². The normalized spacial score (nSPS) is 10.0. The van der Waals surface area contributed by atoms with E-state index < -0.39 is 41.6 Å². The summed E-state index contributed by atoms with van der Waals surface area (Å²) in [6, 6.07) is 9.43. The van der Waals surface area contributed by atoms with Crippen LogP contribution in [0.15, 0.2) is 42.5 Å². The van der Waals surface area contributed by atoms with Crippen molar-refractivity contribution in [3.05, 3.63) is 59.9 Å². The van der Waals surface area contributed by atoms with Crippen molar-refractivity contribution < 1.29 is 22.8 Å². The first-order chi connectivity index (χ1) is 11.0. The molecule has 2 aromatic rings. The van der Waals surface area contributed by atoms with Crippen molar-refractivity contribution in [2.75, 3.05) is 17.2 Å². The van der Waals surface area contributed by atoms with Crippen molar-refractivity contribution in [2.24, 2.45) is 0 Å². The van der Waals surface area contributed by atoms with Gasteiger partial charge in [0.05, 0.1) is 12.2 Å². The van der Waals surface area contributed by atoms with Crippen LogP contribution in [0.2, 0.25) is 0 Å². The maximum atomic E-state index is 13.4. The lowest BCUT2D eigenvalue weighted by Gasteiger charge is -2.09. The molecule has 0 saturated carbocycles. The zero-order valence-corrected chi connectivity index (χ0v) is 11.7. The first-order valence-corrected chi connectivity index (χ1v) is 6.50. The van der Waals surface area contributed by atoms with Gasteiger partial charge in [0.15, 0.2) is 17.5 Å². The number of benzene rings is 2. The molecule has 0 radical (unpaired) electrons. The second-order valence-corrected chi connectivity index (χ2v) is 4.44. The summed E-state index contributed by atoms with van der Waals surface area (Å²) in [5, 5.41) is 6.75. The minimum atomic E-state index is -1.68. The molecule has 0 aromatic heterocycles. The molecule has 2 rings (SSSR count). The van der Waals surface area contributed by atoms with Crippen molar-refractivity contribution in [1.29, 1.82) is 0 Å². The van der Waals surface area contributed by atoms with E-state index in [1.165, 1.54) is 0 Å². The van der Waals surface area contributed by atoms with Crippen molar-refractivity contribution in [2.45, 2.75) is 0 Å². The van der Waals surface area contributed by atoms with E-state index in [-0.39, 0.29) is 0 Å². The summed E-state index contributed by atoms with van der Waals surface area (Å²) in [6.07, 6.45) is 0.